The summed E-state index contributed by atoms with van der Waals surface area (Å²) < 4.78 is 5.60. The summed E-state index contributed by atoms with van der Waals surface area (Å²) in [5.41, 5.74) is 1.31. The van der Waals surface area contributed by atoms with Crippen molar-refractivity contribution in [1.29, 1.82) is 0 Å². The maximum atomic E-state index is 12.6. The molecule has 1 aromatic rings. The largest absolute Gasteiger partial charge is 0.366 e. The van der Waals surface area contributed by atoms with Crippen LogP contribution in [0.15, 0.2) is 30.3 Å². The highest BCUT2D eigenvalue weighted by molar-refractivity contribution is 5.82. The molecule has 2 saturated heterocycles. The fourth-order valence-corrected chi connectivity index (χ4v) is 3.13. The Labute approximate surface area is 120 Å². The van der Waals surface area contributed by atoms with Crippen LogP contribution in [0.3, 0.4) is 0 Å². The van der Waals surface area contributed by atoms with Crippen molar-refractivity contribution in [3.05, 3.63) is 35.9 Å². The van der Waals surface area contributed by atoms with Gasteiger partial charge in [-0.15, -0.1) is 0 Å². The molecule has 4 heteroatoms. The third-order valence-electron chi connectivity index (χ3n) is 4.18. The molecule has 108 valence electrons. The summed E-state index contributed by atoms with van der Waals surface area (Å²) in [4.78, 5) is 14.6. The molecule has 2 atom stereocenters. The highest BCUT2D eigenvalue weighted by Gasteiger charge is 2.34. The number of ether oxygens (including phenoxy) is 1. The lowest BCUT2D eigenvalue weighted by molar-refractivity contribution is -0.146. The number of hydrogen-bond acceptors (Lipinski definition) is 3. The van der Waals surface area contributed by atoms with E-state index >= 15 is 0 Å². The maximum absolute atomic E-state index is 12.6. The summed E-state index contributed by atoms with van der Waals surface area (Å²) in [6, 6.07) is 10.8. The van der Waals surface area contributed by atoms with E-state index in [0.29, 0.717) is 19.2 Å². The minimum atomic E-state index is -0.292. The summed E-state index contributed by atoms with van der Waals surface area (Å²) in [5, 5.41) is 3.23. The summed E-state index contributed by atoms with van der Waals surface area (Å²) in [6.07, 6.45) is 2.86. The van der Waals surface area contributed by atoms with Crippen molar-refractivity contribution in [1.82, 2.24) is 10.2 Å². The molecular formula is C16H22N2O2. The van der Waals surface area contributed by atoms with Crippen LogP contribution in [0.5, 0.6) is 0 Å². The Morgan fingerprint density at radius 2 is 2.20 bits per heavy atom. The number of amides is 1. The van der Waals surface area contributed by atoms with E-state index in [1.54, 1.807) is 0 Å². The summed E-state index contributed by atoms with van der Waals surface area (Å²) in [5.74, 6) is 0.163. The van der Waals surface area contributed by atoms with Gasteiger partial charge in [0.2, 0.25) is 0 Å². The molecule has 0 radical (unpaired) electrons. The highest BCUT2D eigenvalue weighted by Crippen LogP contribution is 2.22. The van der Waals surface area contributed by atoms with Crippen molar-refractivity contribution in [2.45, 2.75) is 31.4 Å². The van der Waals surface area contributed by atoms with Crippen molar-refractivity contribution in [3.8, 4) is 0 Å². The Morgan fingerprint density at radius 3 is 2.95 bits per heavy atom. The van der Waals surface area contributed by atoms with E-state index < -0.39 is 0 Å². The minimum absolute atomic E-state index is 0.163. The first-order valence-electron chi connectivity index (χ1n) is 7.51. The van der Waals surface area contributed by atoms with Gasteiger partial charge in [-0.25, -0.2) is 0 Å². The molecule has 0 bridgehead atoms. The van der Waals surface area contributed by atoms with Crippen molar-refractivity contribution in [2.24, 2.45) is 0 Å². The average molecular weight is 274 g/mol. The van der Waals surface area contributed by atoms with E-state index in [4.69, 9.17) is 4.74 Å². The van der Waals surface area contributed by atoms with Gasteiger partial charge < -0.3 is 15.0 Å². The van der Waals surface area contributed by atoms with E-state index in [1.807, 2.05) is 11.0 Å². The van der Waals surface area contributed by atoms with Crippen molar-refractivity contribution >= 4 is 5.91 Å². The minimum Gasteiger partial charge on any atom is -0.366 e. The van der Waals surface area contributed by atoms with Gasteiger partial charge >= 0.3 is 0 Å². The van der Waals surface area contributed by atoms with Crippen molar-refractivity contribution in [2.75, 3.05) is 26.2 Å². The molecule has 0 saturated carbocycles. The monoisotopic (exact) mass is 274 g/mol. The van der Waals surface area contributed by atoms with Gasteiger partial charge in [0.15, 0.2) is 0 Å². The molecule has 1 amide bonds. The predicted molar refractivity (Wildman–Crippen MR) is 77.5 cm³/mol. The summed E-state index contributed by atoms with van der Waals surface area (Å²) in [7, 11) is 0. The van der Waals surface area contributed by atoms with Crippen LogP contribution >= 0.6 is 0 Å². The zero-order chi connectivity index (χ0) is 13.8. The molecule has 0 aromatic heterocycles. The Bertz CT molecular complexity index is 443. The number of benzene rings is 1. The zero-order valence-corrected chi connectivity index (χ0v) is 11.8. The maximum Gasteiger partial charge on any atom is 0.253 e. The first-order chi connectivity index (χ1) is 9.84. The Balaban J connectivity index is 1.64. The quantitative estimate of drug-likeness (QED) is 0.901. The third-order valence-corrected chi connectivity index (χ3v) is 4.18. The lowest BCUT2D eigenvalue weighted by Gasteiger charge is -2.31. The molecule has 2 aliphatic heterocycles. The molecule has 4 nitrogen and oxygen atoms in total. The van der Waals surface area contributed by atoms with Gasteiger partial charge in [-0.3, -0.25) is 4.79 Å². The highest BCUT2D eigenvalue weighted by atomic mass is 16.5. The topological polar surface area (TPSA) is 41.6 Å². The number of nitrogens with one attached hydrogen (secondary N) is 1. The van der Waals surface area contributed by atoms with Crippen LogP contribution in [0.25, 0.3) is 0 Å². The second kappa shape index (κ2) is 6.37. The second-order valence-electron chi connectivity index (χ2n) is 5.58. The Hall–Kier alpha value is -1.39. The van der Waals surface area contributed by atoms with Crippen molar-refractivity contribution < 1.29 is 9.53 Å². The van der Waals surface area contributed by atoms with E-state index in [9.17, 15) is 4.79 Å². The number of likely N-dealkylation sites (tertiary alicyclic amines) is 1. The zero-order valence-electron chi connectivity index (χ0n) is 11.8. The normalized spacial score (nSPS) is 26.7. The molecule has 3 rings (SSSR count). The molecule has 1 aromatic carbocycles. The van der Waals surface area contributed by atoms with Gasteiger partial charge in [0, 0.05) is 25.7 Å². The summed E-state index contributed by atoms with van der Waals surface area (Å²) in [6.45, 7) is 2.99. The fraction of sp³-hybridized carbons (Fsp3) is 0.562. The Morgan fingerprint density at radius 1 is 1.35 bits per heavy atom. The number of carbonyl (C=O) groups excluding carboxylic acids is 1. The lowest BCUT2D eigenvalue weighted by Crippen LogP contribution is -2.51. The van der Waals surface area contributed by atoms with Crippen molar-refractivity contribution in [3.63, 3.8) is 0 Å². The van der Waals surface area contributed by atoms with E-state index in [0.717, 1.165) is 32.4 Å². The smallest absolute Gasteiger partial charge is 0.253 e. The molecule has 2 fully saturated rings. The standard InChI is InChI=1S/C16H22N2O2/c19-16(15-12-17-8-10-20-15)18-9-4-7-14(18)11-13-5-2-1-3-6-13/h1-3,5-6,14-15,17H,4,7-12H2. The average Bonchev–Trinajstić information content (AvgIpc) is 2.96. The third kappa shape index (κ3) is 3.02. The van der Waals surface area contributed by atoms with Crippen LogP contribution in [0.2, 0.25) is 0 Å². The molecule has 1 N–H and O–H groups in total. The number of hydrogen-bond donors (Lipinski definition) is 1. The van der Waals surface area contributed by atoms with E-state index in [-0.39, 0.29) is 12.0 Å². The first kappa shape index (κ1) is 13.6. The van der Waals surface area contributed by atoms with Crippen LogP contribution < -0.4 is 5.32 Å². The molecule has 2 unspecified atom stereocenters. The molecule has 0 spiro atoms. The van der Waals surface area contributed by atoms with Gasteiger partial charge in [0.05, 0.1) is 6.61 Å². The van der Waals surface area contributed by atoms with Crippen LogP contribution in [0.4, 0.5) is 0 Å². The molecule has 0 aliphatic carbocycles. The lowest BCUT2D eigenvalue weighted by atomic mass is 10.0. The molecular weight excluding hydrogens is 252 g/mol. The number of nitrogens with zero attached hydrogens (tertiary/aromatic N) is 1. The number of rotatable bonds is 3. The van der Waals surface area contributed by atoms with Gasteiger partial charge in [0.25, 0.3) is 5.91 Å². The molecule has 20 heavy (non-hydrogen) atoms. The van der Waals surface area contributed by atoms with Crippen LogP contribution in [0, 0.1) is 0 Å². The molecule has 2 heterocycles. The fourth-order valence-electron chi connectivity index (χ4n) is 3.13. The number of carbonyl (C=O) groups is 1. The van der Waals surface area contributed by atoms with E-state index in [1.165, 1.54) is 5.56 Å². The molecule has 2 aliphatic rings. The first-order valence-corrected chi connectivity index (χ1v) is 7.51. The summed E-state index contributed by atoms with van der Waals surface area (Å²) >= 11 is 0. The van der Waals surface area contributed by atoms with Crippen LogP contribution in [-0.2, 0) is 16.0 Å². The van der Waals surface area contributed by atoms with Gasteiger partial charge in [-0.1, -0.05) is 30.3 Å². The van der Waals surface area contributed by atoms with Crippen LogP contribution in [0.1, 0.15) is 18.4 Å². The number of morpholine rings is 1. The predicted octanol–water partition coefficient (Wildman–Crippen LogP) is 1.21. The van der Waals surface area contributed by atoms with Gasteiger partial charge in [0.1, 0.15) is 6.10 Å². The second-order valence-corrected chi connectivity index (χ2v) is 5.58. The van der Waals surface area contributed by atoms with Gasteiger partial charge in [-0.2, -0.15) is 0 Å². The van der Waals surface area contributed by atoms with Gasteiger partial charge in [-0.05, 0) is 24.8 Å². The van der Waals surface area contributed by atoms with Crippen LogP contribution in [-0.4, -0.2) is 49.2 Å². The Kier molecular flexibility index (Phi) is 4.33. The SMILES string of the molecule is O=C(C1CNCCO1)N1CCCC1Cc1ccccc1. The van der Waals surface area contributed by atoms with E-state index in [2.05, 4.69) is 29.6 Å².